The van der Waals surface area contributed by atoms with Gasteiger partial charge in [-0.3, -0.25) is 9.59 Å². The molecule has 3 N–H and O–H groups in total. The molecule has 31 heavy (non-hydrogen) atoms. The minimum Gasteiger partial charge on any atom is -0.361 e. The zero-order valence-electron chi connectivity index (χ0n) is 18.6. The summed E-state index contributed by atoms with van der Waals surface area (Å²) in [4.78, 5) is 28.8. The molecule has 3 aromatic rings. The van der Waals surface area contributed by atoms with Crippen LogP contribution >= 0.6 is 0 Å². The molecular weight excluding hydrogens is 388 g/mol. The minimum absolute atomic E-state index is 0.0176. The standard InChI is InChI=1S/C25H32N4O2/c1-18(30)27-16-21-6-4-19(5-7-21)15-25(31)26-12-10-20-8-9-24-23(14-20)22(17-28-24)11-13-29(2)3/h4-9,14,17,28H,10-13,15-16H2,1-3H3,(H,26,31)(H,27,30). The molecule has 0 atom stereocenters. The van der Waals surface area contributed by atoms with E-state index in [-0.39, 0.29) is 11.8 Å². The molecule has 0 aliphatic rings. The van der Waals surface area contributed by atoms with E-state index in [0.717, 1.165) is 36.0 Å². The van der Waals surface area contributed by atoms with Gasteiger partial charge in [-0.25, -0.2) is 0 Å². The Labute approximate surface area is 184 Å². The van der Waals surface area contributed by atoms with E-state index in [0.29, 0.717) is 19.5 Å². The monoisotopic (exact) mass is 420 g/mol. The number of nitrogens with zero attached hydrogens (tertiary/aromatic N) is 1. The van der Waals surface area contributed by atoms with Crippen molar-refractivity contribution >= 4 is 22.7 Å². The van der Waals surface area contributed by atoms with Gasteiger partial charge in [-0.1, -0.05) is 30.3 Å². The number of carbonyl (C=O) groups is 2. The average Bonchev–Trinajstić information content (AvgIpc) is 3.14. The second kappa shape index (κ2) is 10.8. The molecule has 1 aromatic heterocycles. The Bertz CT molecular complexity index is 1020. The van der Waals surface area contributed by atoms with Gasteiger partial charge in [-0.2, -0.15) is 0 Å². The van der Waals surface area contributed by atoms with Crippen molar-refractivity contribution in [1.82, 2.24) is 20.5 Å². The summed E-state index contributed by atoms with van der Waals surface area (Å²) in [7, 11) is 4.17. The molecule has 6 heteroatoms. The average molecular weight is 421 g/mol. The van der Waals surface area contributed by atoms with E-state index in [1.807, 2.05) is 24.3 Å². The Hall–Kier alpha value is -3.12. The molecule has 0 aliphatic carbocycles. The molecule has 0 saturated carbocycles. The molecule has 0 fully saturated rings. The fraction of sp³-hybridized carbons (Fsp3) is 0.360. The van der Waals surface area contributed by atoms with Crippen molar-refractivity contribution in [3.63, 3.8) is 0 Å². The van der Waals surface area contributed by atoms with Gasteiger partial charge >= 0.3 is 0 Å². The third kappa shape index (κ3) is 6.96. The highest BCUT2D eigenvalue weighted by Crippen LogP contribution is 2.20. The molecule has 164 valence electrons. The summed E-state index contributed by atoms with van der Waals surface area (Å²) in [5.74, 6) is -0.0343. The zero-order chi connectivity index (χ0) is 22.2. The van der Waals surface area contributed by atoms with Crippen LogP contribution in [0.3, 0.4) is 0 Å². The molecule has 0 saturated heterocycles. The lowest BCUT2D eigenvalue weighted by molar-refractivity contribution is -0.120. The Morgan fingerprint density at radius 2 is 1.65 bits per heavy atom. The molecule has 0 spiro atoms. The van der Waals surface area contributed by atoms with Crippen molar-refractivity contribution in [2.75, 3.05) is 27.2 Å². The Kier molecular flexibility index (Phi) is 7.84. The highest BCUT2D eigenvalue weighted by atomic mass is 16.2. The van der Waals surface area contributed by atoms with E-state index in [9.17, 15) is 9.59 Å². The summed E-state index contributed by atoms with van der Waals surface area (Å²) >= 11 is 0. The van der Waals surface area contributed by atoms with Crippen LogP contribution in [0.2, 0.25) is 0 Å². The Morgan fingerprint density at radius 3 is 2.35 bits per heavy atom. The third-order valence-corrected chi connectivity index (χ3v) is 5.33. The molecular formula is C25H32N4O2. The van der Waals surface area contributed by atoms with Gasteiger partial charge < -0.3 is 20.5 Å². The topological polar surface area (TPSA) is 77.2 Å². The highest BCUT2D eigenvalue weighted by molar-refractivity contribution is 5.84. The summed E-state index contributed by atoms with van der Waals surface area (Å²) in [6.07, 6.45) is 4.26. The number of hydrogen-bond acceptors (Lipinski definition) is 3. The van der Waals surface area contributed by atoms with Crippen LogP contribution in [0.4, 0.5) is 0 Å². The molecule has 2 amide bonds. The first-order valence-corrected chi connectivity index (χ1v) is 10.7. The number of amides is 2. The number of H-pyrrole nitrogens is 1. The number of nitrogens with one attached hydrogen (secondary N) is 3. The largest absolute Gasteiger partial charge is 0.361 e. The molecule has 2 aromatic carbocycles. The number of aromatic amines is 1. The predicted octanol–water partition coefficient (Wildman–Crippen LogP) is 2.81. The molecule has 0 unspecified atom stereocenters. The number of likely N-dealkylation sites (N-methyl/N-ethyl adjacent to an activating group) is 1. The normalized spacial score (nSPS) is 11.1. The number of carbonyl (C=O) groups excluding carboxylic acids is 2. The van der Waals surface area contributed by atoms with Gasteiger partial charge in [0, 0.05) is 43.7 Å². The van der Waals surface area contributed by atoms with Crippen LogP contribution in [-0.2, 0) is 35.4 Å². The lowest BCUT2D eigenvalue weighted by atomic mass is 10.1. The first kappa shape index (κ1) is 22.6. The van der Waals surface area contributed by atoms with Crippen molar-refractivity contribution in [3.8, 4) is 0 Å². The number of rotatable bonds is 10. The number of hydrogen-bond donors (Lipinski definition) is 3. The molecule has 1 heterocycles. The summed E-state index contributed by atoms with van der Waals surface area (Å²) < 4.78 is 0. The lowest BCUT2D eigenvalue weighted by Gasteiger charge is -2.09. The van der Waals surface area contributed by atoms with Crippen molar-refractivity contribution in [3.05, 3.63) is 70.9 Å². The van der Waals surface area contributed by atoms with Crippen LogP contribution < -0.4 is 10.6 Å². The third-order valence-electron chi connectivity index (χ3n) is 5.33. The van der Waals surface area contributed by atoms with Crippen LogP contribution in [0.25, 0.3) is 10.9 Å². The van der Waals surface area contributed by atoms with E-state index in [2.05, 4.69) is 59.0 Å². The van der Waals surface area contributed by atoms with Gasteiger partial charge in [-0.15, -0.1) is 0 Å². The number of benzene rings is 2. The van der Waals surface area contributed by atoms with E-state index < -0.39 is 0 Å². The van der Waals surface area contributed by atoms with Gasteiger partial charge in [0.15, 0.2) is 0 Å². The number of fused-ring (bicyclic) bond motifs is 1. The van der Waals surface area contributed by atoms with Crippen LogP contribution in [0.5, 0.6) is 0 Å². The van der Waals surface area contributed by atoms with E-state index in [1.165, 1.54) is 23.4 Å². The molecule has 0 bridgehead atoms. The van der Waals surface area contributed by atoms with Crippen LogP contribution in [0.15, 0.2) is 48.7 Å². The summed E-state index contributed by atoms with van der Waals surface area (Å²) in [5, 5.41) is 7.06. The summed E-state index contributed by atoms with van der Waals surface area (Å²) in [6, 6.07) is 14.2. The second-order valence-electron chi connectivity index (χ2n) is 8.25. The van der Waals surface area contributed by atoms with Crippen molar-refractivity contribution in [2.24, 2.45) is 0 Å². The van der Waals surface area contributed by atoms with Gasteiger partial charge in [0.05, 0.1) is 6.42 Å². The second-order valence-corrected chi connectivity index (χ2v) is 8.25. The first-order valence-electron chi connectivity index (χ1n) is 10.7. The van der Waals surface area contributed by atoms with Gasteiger partial charge in [0.2, 0.25) is 11.8 Å². The molecule has 0 aliphatic heterocycles. The van der Waals surface area contributed by atoms with Crippen LogP contribution in [0, 0.1) is 0 Å². The molecule has 3 rings (SSSR count). The zero-order valence-corrected chi connectivity index (χ0v) is 18.6. The van der Waals surface area contributed by atoms with E-state index >= 15 is 0 Å². The van der Waals surface area contributed by atoms with E-state index in [1.54, 1.807) is 0 Å². The minimum atomic E-state index is -0.0519. The summed E-state index contributed by atoms with van der Waals surface area (Å²) in [5.41, 5.74) is 5.69. The SMILES string of the molecule is CC(=O)NCc1ccc(CC(=O)NCCc2ccc3[nH]cc(CCN(C)C)c3c2)cc1. The maximum atomic E-state index is 12.3. The van der Waals surface area contributed by atoms with Gasteiger partial charge in [0.1, 0.15) is 0 Å². The van der Waals surface area contributed by atoms with Crippen LogP contribution in [0.1, 0.15) is 29.2 Å². The predicted molar refractivity (Wildman–Crippen MR) is 125 cm³/mol. The summed E-state index contributed by atoms with van der Waals surface area (Å²) in [6.45, 7) is 3.63. The first-order chi connectivity index (χ1) is 14.9. The van der Waals surface area contributed by atoms with Crippen molar-refractivity contribution in [1.29, 1.82) is 0 Å². The maximum absolute atomic E-state index is 12.3. The fourth-order valence-electron chi connectivity index (χ4n) is 3.53. The van der Waals surface area contributed by atoms with Gasteiger partial charge in [-0.05, 0) is 61.3 Å². The molecule has 0 radical (unpaired) electrons. The van der Waals surface area contributed by atoms with Gasteiger partial charge in [0.25, 0.3) is 0 Å². The Morgan fingerprint density at radius 1 is 0.935 bits per heavy atom. The maximum Gasteiger partial charge on any atom is 0.224 e. The van der Waals surface area contributed by atoms with E-state index in [4.69, 9.17) is 0 Å². The van der Waals surface area contributed by atoms with Crippen molar-refractivity contribution < 1.29 is 9.59 Å². The quantitative estimate of drug-likeness (QED) is 0.472. The smallest absolute Gasteiger partial charge is 0.224 e. The molecule has 6 nitrogen and oxygen atoms in total. The van der Waals surface area contributed by atoms with Crippen LogP contribution in [-0.4, -0.2) is 48.9 Å². The Balaban J connectivity index is 1.48. The fourth-order valence-corrected chi connectivity index (χ4v) is 3.53. The number of aromatic nitrogens is 1. The highest BCUT2D eigenvalue weighted by Gasteiger charge is 2.07. The van der Waals surface area contributed by atoms with Crippen molar-refractivity contribution in [2.45, 2.75) is 32.7 Å². The lowest BCUT2D eigenvalue weighted by Crippen LogP contribution is -2.27.